The fraction of sp³-hybridized carbons (Fsp3) is 0.440. The number of halogens is 1. The Morgan fingerprint density at radius 1 is 1.03 bits per heavy atom. The smallest absolute Gasteiger partial charge is 0.337 e. The third-order valence-electron chi connectivity index (χ3n) is 5.87. The number of unbranched alkanes of at least 4 members (excludes halogenated alkanes) is 1. The number of Topliss-reactive ketones (excluding diaryl/α,β-unsaturated/α-hetero) is 1. The molecule has 32 heavy (non-hydrogen) atoms. The first-order chi connectivity index (χ1) is 15.4. The summed E-state index contributed by atoms with van der Waals surface area (Å²) in [7, 11) is 0. The standard InChI is InChI=1S/C25H29ClO6/c1-16-23(11-10-20(24(16)28)22(27)14-17-6-2-3-7-17)32-13-5-4-12-31-18-8-9-19(25(29)30)21(26)15-18/h8-11,15,17,28H,2-7,12-14H2,1H3,(H,29,30). The number of ether oxygens (including phenoxy) is 2. The first kappa shape index (κ1) is 23.9. The molecule has 0 amide bonds. The Kier molecular flexibility index (Phi) is 8.39. The number of hydrogen-bond donors (Lipinski definition) is 2. The highest BCUT2D eigenvalue weighted by Crippen LogP contribution is 2.34. The molecule has 0 unspecified atom stereocenters. The number of carbonyl (C=O) groups excluding carboxylic acids is 1. The van der Waals surface area contributed by atoms with E-state index in [1.165, 1.54) is 25.0 Å². The van der Waals surface area contributed by atoms with E-state index in [-0.39, 0.29) is 22.1 Å². The third kappa shape index (κ3) is 6.16. The molecule has 7 heteroatoms. The van der Waals surface area contributed by atoms with Crippen LogP contribution in [0, 0.1) is 12.8 Å². The second kappa shape index (κ2) is 11.2. The molecule has 2 aromatic carbocycles. The molecule has 3 rings (SSSR count). The largest absolute Gasteiger partial charge is 0.507 e. The second-order valence-corrected chi connectivity index (χ2v) is 8.62. The van der Waals surface area contributed by atoms with Gasteiger partial charge in [0.1, 0.15) is 17.2 Å². The van der Waals surface area contributed by atoms with Crippen LogP contribution in [-0.4, -0.2) is 35.2 Å². The molecule has 0 aliphatic heterocycles. The highest BCUT2D eigenvalue weighted by atomic mass is 35.5. The lowest BCUT2D eigenvalue weighted by molar-refractivity contribution is 0.0696. The highest BCUT2D eigenvalue weighted by molar-refractivity contribution is 6.33. The minimum Gasteiger partial charge on any atom is -0.507 e. The van der Waals surface area contributed by atoms with E-state index in [2.05, 4.69) is 0 Å². The van der Waals surface area contributed by atoms with Gasteiger partial charge in [-0.3, -0.25) is 4.79 Å². The summed E-state index contributed by atoms with van der Waals surface area (Å²) in [5, 5.41) is 19.6. The summed E-state index contributed by atoms with van der Waals surface area (Å²) in [4.78, 5) is 23.5. The number of phenols is 1. The average molecular weight is 461 g/mol. The number of rotatable bonds is 11. The fourth-order valence-corrected chi connectivity index (χ4v) is 4.24. The Labute approximate surface area is 193 Å². The summed E-state index contributed by atoms with van der Waals surface area (Å²) in [5.41, 5.74) is 0.992. The molecule has 0 spiro atoms. The van der Waals surface area contributed by atoms with Gasteiger partial charge < -0.3 is 19.7 Å². The Morgan fingerprint density at radius 3 is 2.34 bits per heavy atom. The molecule has 0 radical (unpaired) electrons. The molecule has 1 saturated carbocycles. The number of phenolic OH excluding ortho intramolecular Hbond substituents is 1. The number of carboxylic acid groups (broad SMARTS) is 1. The second-order valence-electron chi connectivity index (χ2n) is 8.21. The molecule has 0 heterocycles. The van der Waals surface area contributed by atoms with Crippen LogP contribution in [-0.2, 0) is 0 Å². The summed E-state index contributed by atoms with van der Waals surface area (Å²) in [6.45, 7) is 2.63. The third-order valence-corrected chi connectivity index (χ3v) is 6.18. The Balaban J connectivity index is 1.43. The van der Waals surface area contributed by atoms with Crippen molar-refractivity contribution in [3.63, 3.8) is 0 Å². The summed E-state index contributed by atoms with van der Waals surface area (Å²) < 4.78 is 11.4. The molecule has 1 aliphatic carbocycles. The molecule has 172 valence electrons. The predicted octanol–water partition coefficient (Wildman–Crippen LogP) is 6.05. The number of hydrogen-bond acceptors (Lipinski definition) is 5. The zero-order valence-corrected chi connectivity index (χ0v) is 19.0. The van der Waals surface area contributed by atoms with Crippen LogP contribution in [0.5, 0.6) is 17.2 Å². The molecule has 0 bridgehead atoms. The van der Waals surface area contributed by atoms with Crippen molar-refractivity contribution in [1.29, 1.82) is 0 Å². The number of carboxylic acids is 1. The number of carbonyl (C=O) groups is 2. The van der Waals surface area contributed by atoms with Crippen molar-refractivity contribution in [2.75, 3.05) is 13.2 Å². The average Bonchev–Trinajstić information content (AvgIpc) is 3.26. The van der Waals surface area contributed by atoms with Crippen molar-refractivity contribution >= 4 is 23.4 Å². The van der Waals surface area contributed by atoms with E-state index in [4.69, 9.17) is 26.2 Å². The maximum atomic E-state index is 12.6. The van der Waals surface area contributed by atoms with Crippen molar-refractivity contribution in [3.05, 3.63) is 52.0 Å². The van der Waals surface area contributed by atoms with Crippen LogP contribution >= 0.6 is 11.6 Å². The molecule has 2 N–H and O–H groups in total. The van der Waals surface area contributed by atoms with E-state index >= 15 is 0 Å². The fourth-order valence-electron chi connectivity index (χ4n) is 3.98. The summed E-state index contributed by atoms with van der Waals surface area (Å²) in [5.74, 6) is 0.447. The summed E-state index contributed by atoms with van der Waals surface area (Å²) in [6, 6.07) is 7.89. The van der Waals surface area contributed by atoms with Crippen molar-refractivity contribution < 1.29 is 29.3 Å². The molecule has 0 aromatic heterocycles. The van der Waals surface area contributed by atoms with Crippen molar-refractivity contribution in [2.45, 2.75) is 51.9 Å². The van der Waals surface area contributed by atoms with Crippen molar-refractivity contribution in [3.8, 4) is 17.2 Å². The van der Waals surface area contributed by atoms with E-state index in [0.29, 0.717) is 48.2 Å². The van der Waals surface area contributed by atoms with Crippen LogP contribution in [0.1, 0.15) is 71.2 Å². The molecule has 2 aromatic rings. The van der Waals surface area contributed by atoms with E-state index in [0.717, 1.165) is 25.7 Å². The van der Waals surface area contributed by atoms with Gasteiger partial charge in [-0.1, -0.05) is 37.3 Å². The topological polar surface area (TPSA) is 93.1 Å². The van der Waals surface area contributed by atoms with Crippen LogP contribution in [0.15, 0.2) is 30.3 Å². The van der Waals surface area contributed by atoms with Gasteiger partial charge in [-0.15, -0.1) is 0 Å². The van der Waals surface area contributed by atoms with Gasteiger partial charge in [0.05, 0.1) is 29.4 Å². The molecule has 1 fully saturated rings. The molecular weight excluding hydrogens is 432 g/mol. The van der Waals surface area contributed by atoms with Gasteiger partial charge in [0, 0.05) is 12.0 Å². The minimum absolute atomic E-state index is 0.00214. The monoisotopic (exact) mass is 460 g/mol. The van der Waals surface area contributed by atoms with E-state index < -0.39 is 5.97 Å². The van der Waals surface area contributed by atoms with Crippen LogP contribution in [0.3, 0.4) is 0 Å². The van der Waals surface area contributed by atoms with Gasteiger partial charge in [0.2, 0.25) is 0 Å². The molecule has 0 saturated heterocycles. The van der Waals surface area contributed by atoms with E-state index in [1.807, 2.05) is 0 Å². The number of aromatic hydroxyl groups is 1. The molecule has 0 atom stereocenters. The van der Waals surface area contributed by atoms with Gasteiger partial charge in [0.15, 0.2) is 5.78 Å². The van der Waals surface area contributed by atoms with Crippen LogP contribution in [0.25, 0.3) is 0 Å². The van der Waals surface area contributed by atoms with Gasteiger partial charge in [0.25, 0.3) is 0 Å². The Morgan fingerprint density at radius 2 is 1.69 bits per heavy atom. The normalized spacial score (nSPS) is 13.8. The van der Waals surface area contributed by atoms with Crippen molar-refractivity contribution in [1.82, 2.24) is 0 Å². The van der Waals surface area contributed by atoms with Gasteiger partial charge in [-0.05, 0) is 56.0 Å². The molecule has 6 nitrogen and oxygen atoms in total. The maximum Gasteiger partial charge on any atom is 0.337 e. The lowest BCUT2D eigenvalue weighted by atomic mass is 9.95. The summed E-state index contributed by atoms with van der Waals surface area (Å²) >= 11 is 5.93. The van der Waals surface area contributed by atoms with E-state index in [9.17, 15) is 14.7 Å². The minimum atomic E-state index is -1.08. The highest BCUT2D eigenvalue weighted by Gasteiger charge is 2.22. The Hall–Kier alpha value is -2.73. The predicted molar refractivity (Wildman–Crippen MR) is 122 cm³/mol. The number of aromatic carboxylic acids is 1. The quantitative estimate of drug-likeness (QED) is 0.313. The zero-order valence-electron chi connectivity index (χ0n) is 18.2. The zero-order chi connectivity index (χ0) is 23.1. The summed E-state index contributed by atoms with van der Waals surface area (Å²) in [6.07, 6.45) is 6.51. The van der Waals surface area contributed by atoms with Gasteiger partial charge >= 0.3 is 5.97 Å². The van der Waals surface area contributed by atoms with Crippen LogP contribution in [0.2, 0.25) is 5.02 Å². The van der Waals surface area contributed by atoms with Crippen molar-refractivity contribution in [2.24, 2.45) is 5.92 Å². The van der Waals surface area contributed by atoms with Gasteiger partial charge in [-0.25, -0.2) is 4.79 Å². The molecule has 1 aliphatic rings. The van der Waals surface area contributed by atoms with E-state index in [1.54, 1.807) is 25.1 Å². The lowest BCUT2D eigenvalue weighted by Crippen LogP contribution is -2.08. The number of benzene rings is 2. The van der Waals surface area contributed by atoms with Crippen LogP contribution in [0.4, 0.5) is 0 Å². The number of ketones is 1. The van der Waals surface area contributed by atoms with Gasteiger partial charge in [-0.2, -0.15) is 0 Å². The SMILES string of the molecule is Cc1c(OCCCCOc2ccc(C(=O)O)c(Cl)c2)ccc(C(=O)CC2CCCC2)c1O. The first-order valence-electron chi connectivity index (χ1n) is 11.0. The molecular formula is C25H29ClO6. The maximum absolute atomic E-state index is 12.6. The Bertz CT molecular complexity index is 965. The lowest BCUT2D eigenvalue weighted by Gasteiger charge is -2.14. The first-order valence-corrected chi connectivity index (χ1v) is 11.4. The van der Waals surface area contributed by atoms with Crippen LogP contribution < -0.4 is 9.47 Å².